The number of hydrogen-bond acceptors (Lipinski definition) is 4. The molecular weight excluding hydrogens is 521 g/mol. The van der Waals surface area contributed by atoms with Crippen molar-refractivity contribution in [2.24, 2.45) is 5.41 Å². The predicted molar refractivity (Wildman–Crippen MR) is 147 cm³/mol. The molecule has 1 spiro atoms. The summed E-state index contributed by atoms with van der Waals surface area (Å²) in [5.41, 5.74) is 2.52. The number of benzene rings is 3. The first-order valence-electron chi connectivity index (χ1n) is 13.6. The summed E-state index contributed by atoms with van der Waals surface area (Å²) >= 11 is 0. The molecule has 0 aliphatic carbocycles. The summed E-state index contributed by atoms with van der Waals surface area (Å²) in [6.07, 6.45) is -0.403. The Morgan fingerprint density at radius 2 is 1.45 bits per heavy atom. The van der Waals surface area contributed by atoms with E-state index in [1.54, 1.807) is 0 Å². The number of halogens is 3. The van der Waals surface area contributed by atoms with Gasteiger partial charge in [-0.25, -0.2) is 4.79 Å². The van der Waals surface area contributed by atoms with E-state index in [-0.39, 0.29) is 5.91 Å². The number of nitrogens with zero attached hydrogens (tertiary/aromatic N) is 2. The van der Waals surface area contributed by atoms with Gasteiger partial charge in [-0.1, -0.05) is 54.6 Å². The molecule has 0 saturated carbocycles. The van der Waals surface area contributed by atoms with Crippen molar-refractivity contribution in [1.29, 1.82) is 0 Å². The van der Waals surface area contributed by atoms with Gasteiger partial charge < -0.3 is 14.7 Å². The van der Waals surface area contributed by atoms with E-state index in [0.29, 0.717) is 12.0 Å². The first kappa shape index (κ1) is 29.4. The number of amides is 1. The van der Waals surface area contributed by atoms with E-state index in [2.05, 4.69) is 46.2 Å². The van der Waals surface area contributed by atoms with Crippen molar-refractivity contribution in [2.45, 2.75) is 45.3 Å². The van der Waals surface area contributed by atoms with Crippen molar-refractivity contribution in [3.05, 3.63) is 77.9 Å². The van der Waals surface area contributed by atoms with Crippen LogP contribution in [0.15, 0.2) is 66.7 Å². The average Bonchev–Trinajstić information content (AvgIpc) is 2.95. The summed E-state index contributed by atoms with van der Waals surface area (Å²) in [4.78, 5) is 26.9. The molecule has 3 aromatic rings. The molecule has 6 nitrogen and oxygen atoms in total. The van der Waals surface area contributed by atoms with Gasteiger partial charge in [0.05, 0.1) is 6.61 Å². The topological polar surface area (TPSA) is 70.1 Å². The third kappa shape index (κ3) is 7.13. The lowest BCUT2D eigenvalue weighted by atomic mass is 9.71. The molecule has 2 heterocycles. The largest absolute Gasteiger partial charge is 0.494 e. The number of carboxylic acids is 1. The SMILES string of the molecule is CCOc1ccccc1CN1CCC2(CC1)CCN(C(=O)c1cccc3ccccc13)CC2.O=C(O)C(F)(F)F. The van der Waals surface area contributed by atoms with E-state index in [0.717, 1.165) is 67.7 Å². The van der Waals surface area contributed by atoms with Gasteiger partial charge in [0.1, 0.15) is 5.75 Å². The number of carbonyl (C=O) groups is 2. The molecule has 2 fully saturated rings. The lowest BCUT2D eigenvalue weighted by molar-refractivity contribution is -0.192. The Bertz CT molecular complexity index is 1300. The Balaban J connectivity index is 0.000000470. The summed E-state index contributed by atoms with van der Waals surface area (Å²) in [5, 5.41) is 9.32. The molecule has 0 atom stereocenters. The zero-order valence-electron chi connectivity index (χ0n) is 22.6. The van der Waals surface area contributed by atoms with E-state index in [1.165, 1.54) is 18.4 Å². The number of para-hydroxylation sites is 1. The molecule has 214 valence electrons. The van der Waals surface area contributed by atoms with Gasteiger partial charge in [0.2, 0.25) is 0 Å². The zero-order valence-corrected chi connectivity index (χ0v) is 22.6. The number of likely N-dealkylation sites (tertiary alicyclic amines) is 2. The second kappa shape index (κ2) is 12.7. The summed E-state index contributed by atoms with van der Waals surface area (Å²) < 4.78 is 37.6. The molecule has 9 heteroatoms. The number of carbonyl (C=O) groups excluding carboxylic acids is 1. The number of ether oxygens (including phenoxy) is 1. The van der Waals surface area contributed by atoms with Crippen LogP contribution >= 0.6 is 0 Å². The number of rotatable bonds is 5. The summed E-state index contributed by atoms with van der Waals surface area (Å²) in [7, 11) is 0. The van der Waals surface area contributed by atoms with E-state index >= 15 is 0 Å². The van der Waals surface area contributed by atoms with Crippen LogP contribution in [-0.4, -0.2) is 65.7 Å². The van der Waals surface area contributed by atoms with E-state index < -0.39 is 12.1 Å². The third-order valence-electron chi connectivity index (χ3n) is 7.96. The number of carboxylic acid groups (broad SMARTS) is 1. The maximum absolute atomic E-state index is 13.3. The molecule has 5 rings (SSSR count). The van der Waals surface area contributed by atoms with Gasteiger partial charge in [-0.05, 0) is 74.0 Å². The molecule has 2 aliphatic rings. The first-order chi connectivity index (χ1) is 19.1. The van der Waals surface area contributed by atoms with E-state index in [9.17, 15) is 18.0 Å². The highest BCUT2D eigenvalue weighted by Crippen LogP contribution is 2.42. The van der Waals surface area contributed by atoms with Crippen LogP contribution in [0.2, 0.25) is 0 Å². The van der Waals surface area contributed by atoms with Crippen molar-refractivity contribution >= 4 is 22.6 Å². The van der Waals surface area contributed by atoms with Crippen LogP contribution < -0.4 is 4.74 Å². The van der Waals surface area contributed by atoms with Crippen LogP contribution in [0.1, 0.15) is 48.5 Å². The Labute approximate surface area is 232 Å². The molecule has 0 bridgehead atoms. The van der Waals surface area contributed by atoms with Gasteiger partial charge in [-0.2, -0.15) is 13.2 Å². The number of aliphatic carboxylic acids is 1. The van der Waals surface area contributed by atoms with Gasteiger partial charge in [0.15, 0.2) is 0 Å². The van der Waals surface area contributed by atoms with Crippen molar-refractivity contribution in [3.63, 3.8) is 0 Å². The fraction of sp³-hybridized carbons (Fsp3) is 0.419. The van der Waals surface area contributed by atoms with Crippen LogP contribution in [0.4, 0.5) is 13.2 Å². The molecule has 0 aromatic heterocycles. The number of piperidine rings is 2. The fourth-order valence-corrected chi connectivity index (χ4v) is 5.62. The molecule has 2 aliphatic heterocycles. The monoisotopic (exact) mass is 556 g/mol. The molecule has 2 saturated heterocycles. The standard InChI is InChI=1S/C29H34N2O2.C2HF3O2/c1-2-33-27-13-6-4-9-24(27)22-30-18-14-29(15-19-30)16-20-31(21-17-29)28(32)26-12-7-10-23-8-3-5-11-25(23)26;3-2(4,5)1(6)7/h3-13H,2,14-22H2,1H3;(H,6,7). The maximum Gasteiger partial charge on any atom is 0.490 e. The smallest absolute Gasteiger partial charge is 0.490 e. The van der Waals surface area contributed by atoms with E-state index in [1.807, 2.05) is 37.3 Å². The molecule has 40 heavy (non-hydrogen) atoms. The lowest BCUT2D eigenvalue weighted by Gasteiger charge is -2.47. The number of alkyl halides is 3. The molecule has 0 radical (unpaired) electrons. The zero-order chi connectivity index (χ0) is 28.8. The molecular formula is C31H35F3N2O4. The Hall–Kier alpha value is -3.59. The lowest BCUT2D eigenvalue weighted by Crippen LogP contribution is -2.48. The van der Waals surface area contributed by atoms with Crippen molar-refractivity contribution in [2.75, 3.05) is 32.8 Å². The normalized spacial score (nSPS) is 17.2. The van der Waals surface area contributed by atoms with E-state index in [4.69, 9.17) is 14.6 Å². The number of hydrogen-bond donors (Lipinski definition) is 1. The molecule has 1 N–H and O–H groups in total. The Morgan fingerprint density at radius 3 is 2.10 bits per heavy atom. The van der Waals surface area contributed by atoms with Gasteiger partial charge in [0.25, 0.3) is 5.91 Å². The van der Waals surface area contributed by atoms with Crippen LogP contribution in [0.3, 0.4) is 0 Å². The molecule has 1 amide bonds. The first-order valence-corrected chi connectivity index (χ1v) is 13.6. The maximum atomic E-state index is 13.3. The molecule has 3 aromatic carbocycles. The third-order valence-corrected chi connectivity index (χ3v) is 7.96. The second-order valence-electron chi connectivity index (χ2n) is 10.4. The fourth-order valence-electron chi connectivity index (χ4n) is 5.62. The predicted octanol–water partition coefficient (Wildman–Crippen LogP) is 6.39. The van der Waals surface area contributed by atoms with Crippen LogP contribution in [0.25, 0.3) is 10.8 Å². The highest BCUT2D eigenvalue weighted by atomic mass is 19.4. The van der Waals surface area contributed by atoms with Crippen LogP contribution in [-0.2, 0) is 11.3 Å². The van der Waals surface area contributed by atoms with Crippen molar-refractivity contribution < 1.29 is 32.6 Å². The Kier molecular flexibility index (Phi) is 9.35. The quantitative estimate of drug-likeness (QED) is 0.394. The van der Waals surface area contributed by atoms with Gasteiger partial charge in [0, 0.05) is 30.8 Å². The van der Waals surface area contributed by atoms with Crippen molar-refractivity contribution in [3.8, 4) is 5.75 Å². The minimum atomic E-state index is -5.08. The van der Waals surface area contributed by atoms with Crippen molar-refractivity contribution in [1.82, 2.24) is 9.80 Å². The summed E-state index contributed by atoms with van der Waals surface area (Å²) in [6.45, 7) is 7.69. The van der Waals surface area contributed by atoms with Gasteiger partial charge in [-0.3, -0.25) is 9.69 Å². The summed E-state index contributed by atoms with van der Waals surface area (Å²) in [6, 6.07) is 22.7. The minimum absolute atomic E-state index is 0.187. The van der Waals surface area contributed by atoms with Gasteiger partial charge in [-0.15, -0.1) is 0 Å². The van der Waals surface area contributed by atoms with Gasteiger partial charge >= 0.3 is 12.1 Å². The summed E-state index contributed by atoms with van der Waals surface area (Å²) in [5.74, 6) is -1.56. The number of fused-ring (bicyclic) bond motifs is 1. The minimum Gasteiger partial charge on any atom is -0.494 e. The average molecular weight is 557 g/mol. The highest BCUT2D eigenvalue weighted by Gasteiger charge is 2.39. The van der Waals surface area contributed by atoms with Crippen LogP contribution in [0.5, 0.6) is 5.75 Å². The Morgan fingerprint density at radius 1 is 0.875 bits per heavy atom. The molecule has 0 unspecified atom stereocenters. The highest BCUT2D eigenvalue weighted by molar-refractivity contribution is 6.07. The van der Waals surface area contributed by atoms with Crippen LogP contribution in [0, 0.1) is 5.41 Å². The second-order valence-corrected chi connectivity index (χ2v) is 10.4.